The molecule has 0 bridgehead atoms. The van der Waals surface area contributed by atoms with Crippen molar-refractivity contribution in [2.24, 2.45) is 0 Å². The zero-order valence-electron chi connectivity index (χ0n) is 9.14. The van der Waals surface area contributed by atoms with E-state index >= 15 is 0 Å². The highest BCUT2D eigenvalue weighted by Gasteiger charge is 2.33. The zero-order chi connectivity index (χ0) is 11.8. The Bertz CT molecular complexity index is 397. The Morgan fingerprint density at radius 3 is 2.94 bits per heavy atom. The fraction of sp³-hybridized carbons (Fsp3) is 0.500. The zero-order valence-corrected chi connectivity index (χ0v) is 12.8. The summed E-state index contributed by atoms with van der Waals surface area (Å²) in [7, 11) is 2.11. The molecule has 0 N–H and O–H groups in total. The number of nitrogens with zero attached hydrogens (tertiary/aromatic N) is 1. The van der Waals surface area contributed by atoms with Crippen LogP contribution in [-0.4, -0.2) is 18.0 Å². The minimum Gasteiger partial charge on any atom is -0.374 e. The van der Waals surface area contributed by atoms with Crippen molar-refractivity contribution in [1.82, 2.24) is 0 Å². The molecule has 1 heterocycles. The van der Waals surface area contributed by atoms with Crippen LogP contribution in [0.5, 0.6) is 0 Å². The topological polar surface area (TPSA) is 3.24 Å². The minimum atomic E-state index is -0.258. The first-order valence-electron chi connectivity index (χ1n) is 5.33. The van der Waals surface area contributed by atoms with Crippen molar-refractivity contribution in [1.29, 1.82) is 0 Å². The summed E-state index contributed by atoms with van der Waals surface area (Å²) in [5.74, 6) is 0. The number of hydrogen-bond donors (Lipinski definition) is 0. The monoisotopic (exact) mass is 369 g/mol. The fourth-order valence-electron chi connectivity index (χ4n) is 2.19. The second-order valence-corrected chi connectivity index (χ2v) is 6.21. The van der Waals surface area contributed by atoms with E-state index in [1.165, 1.54) is 11.3 Å². The van der Waals surface area contributed by atoms with Crippen molar-refractivity contribution in [3.05, 3.63) is 28.8 Å². The first-order chi connectivity index (χ1) is 7.57. The lowest BCUT2D eigenvalue weighted by Gasteiger charge is -2.26. The molecule has 1 aliphatic rings. The second kappa shape index (κ2) is 4.91. The summed E-state index contributed by atoms with van der Waals surface area (Å²) < 4.78 is 0.910. The van der Waals surface area contributed by atoms with Gasteiger partial charge in [-0.15, -0.1) is 11.6 Å². The molecule has 4 heteroatoms. The lowest BCUT2D eigenvalue weighted by Crippen LogP contribution is -2.21. The van der Waals surface area contributed by atoms with Crippen molar-refractivity contribution >= 4 is 51.5 Å². The van der Waals surface area contributed by atoms with E-state index in [0.29, 0.717) is 0 Å². The van der Waals surface area contributed by atoms with Gasteiger partial charge in [-0.1, -0.05) is 34.2 Å². The third-order valence-corrected chi connectivity index (χ3v) is 5.65. The van der Waals surface area contributed by atoms with Gasteiger partial charge in [0.25, 0.3) is 0 Å². The minimum absolute atomic E-state index is 0.258. The SMILES string of the molecule is CN1CCCC(Cl)(CI)c2cc(Cl)ccc21. The third-order valence-electron chi connectivity index (χ3n) is 3.13. The Morgan fingerprint density at radius 2 is 2.25 bits per heavy atom. The predicted molar refractivity (Wildman–Crippen MR) is 80.4 cm³/mol. The Balaban J connectivity index is 2.57. The Morgan fingerprint density at radius 1 is 1.50 bits per heavy atom. The Kier molecular flexibility index (Phi) is 3.92. The van der Waals surface area contributed by atoms with E-state index in [4.69, 9.17) is 23.2 Å². The Hall–Kier alpha value is 0.330. The number of anilines is 1. The highest BCUT2D eigenvalue weighted by molar-refractivity contribution is 14.1. The van der Waals surface area contributed by atoms with E-state index in [2.05, 4.69) is 40.6 Å². The van der Waals surface area contributed by atoms with Crippen LogP contribution in [0, 0.1) is 0 Å². The molecule has 0 amide bonds. The van der Waals surface area contributed by atoms with Gasteiger partial charge >= 0.3 is 0 Å². The molecular formula is C12H14Cl2IN. The molecule has 1 aliphatic heterocycles. The third kappa shape index (κ3) is 2.29. The van der Waals surface area contributed by atoms with Crippen molar-refractivity contribution < 1.29 is 0 Å². The quantitative estimate of drug-likeness (QED) is 0.522. The van der Waals surface area contributed by atoms with Gasteiger partial charge in [0.05, 0.1) is 4.87 Å². The van der Waals surface area contributed by atoms with Gasteiger partial charge in [0, 0.05) is 28.7 Å². The van der Waals surface area contributed by atoms with Crippen molar-refractivity contribution in [3.63, 3.8) is 0 Å². The lowest BCUT2D eigenvalue weighted by atomic mass is 9.95. The molecule has 0 saturated carbocycles. The average molecular weight is 370 g/mol. The maximum atomic E-state index is 6.74. The van der Waals surface area contributed by atoms with E-state index < -0.39 is 0 Å². The molecule has 0 aromatic heterocycles. The number of halogens is 3. The molecular weight excluding hydrogens is 356 g/mol. The van der Waals surface area contributed by atoms with Crippen LogP contribution < -0.4 is 4.90 Å². The standard InChI is InChI=1S/C12H14Cl2IN/c1-16-6-2-5-12(14,8-15)10-7-9(13)3-4-11(10)16/h3-4,7H,2,5-6,8H2,1H3. The van der Waals surface area contributed by atoms with Gasteiger partial charge in [-0.3, -0.25) is 0 Å². The number of rotatable bonds is 1. The van der Waals surface area contributed by atoms with Crippen LogP contribution in [0.2, 0.25) is 5.02 Å². The van der Waals surface area contributed by atoms with Crippen LogP contribution >= 0.6 is 45.8 Å². The first-order valence-corrected chi connectivity index (χ1v) is 7.61. The first kappa shape index (κ1) is 12.8. The van der Waals surface area contributed by atoms with E-state index in [-0.39, 0.29) is 4.87 Å². The summed E-state index contributed by atoms with van der Waals surface area (Å²) in [5, 5.41) is 0.768. The number of alkyl halides is 2. The molecule has 0 saturated heterocycles. The van der Waals surface area contributed by atoms with Crippen LogP contribution in [0.15, 0.2) is 18.2 Å². The molecule has 0 fully saturated rings. The van der Waals surface area contributed by atoms with E-state index in [1.54, 1.807) is 0 Å². The van der Waals surface area contributed by atoms with Gasteiger partial charge in [0.2, 0.25) is 0 Å². The van der Waals surface area contributed by atoms with Crippen LogP contribution in [0.3, 0.4) is 0 Å². The summed E-state index contributed by atoms with van der Waals surface area (Å²) in [5.41, 5.74) is 2.39. The largest absolute Gasteiger partial charge is 0.374 e. The maximum Gasteiger partial charge on any atom is 0.0805 e. The van der Waals surface area contributed by atoms with E-state index in [0.717, 1.165) is 28.8 Å². The van der Waals surface area contributed by atoms with Gasteiger partial charge < -0.3 is 4.90 Å². The molecule has 1 atom stereocenters. The lowest BCUT2D eigenvalue weighted by molar-refractivity contribution is 0.611. The normalized spacial score (nSPS) is 25.1. The summed E-state index contributed by atoms with van der Waals surface area (Å²) >= 11 is 15.2. The number of fused-ring (bicyclic) bond motifs is 1. The number of benzene rings is 1. The smallest absolute Gasteiger partial charge is 0.0805 e. The molecule has 2 rings (SSSR count). The van der Waals surface area contributed by atoms with Crippen molar-refractivity contribution in [2.45, 2.75) is 17.7 Å². The predicted octanol–water partition coefficient (Wildman–Crippen LogP) is 4.44. The average Bonchev–Trinajstić information content (AvgIpc) is 2.39. The summed E-state index contributed by atoms with van der Waals surface area (Å²) in [6, 6.07) is 6.03. The Labute approximate surface area is 120 Å². The molecule has 0 aliphatic carbocycles. The molecule has 1 nitrogen and oxygen atoms in total. The van der Waals surface area contributed by atoms with Crippen molar-refractivity contribution in [3.8, 4) is 0 Å². The van der Waals surface area contributed by atoms with Crippen LogP contribution in [0.4, 0.5) is 5.69 Å². The van der Waals surface area contributed by atoms with Gasteiger partial charge in [-0.25, -0.2) is 0 Å². The molecule has 1 unspecified atom stereocenters. The second-order valence-electron chi connectivity index (χ2n) is 4.29. The van der Waals surface area contributed by atoms with Gasteiger partial charge in [0.15, 0.2) is 0 Å². The van der Waals surface area contributed by atoms with Crippen LogP contribution in [0.25, 0.3) is 0 Å². The van der Waals surface area contributed by atoms with Crippen LogP contribution in [0.1, 0.15) is 18.4 Å². The van der Waals surface area contributed by atoms with E-state index in [9.17, 15) is 0 Å². The molecule has 1 aromatic rings. The molecule has 16 heavy (non-hydrogen) atoms. The number of hydrogen-bond acceptors (Lipinski definition) is 1. The van der Waals surface area contributed by atoms with Gasteiger partial charge in [-0.05, 0) is 36.6 Å². The highest BCUT2D eigenvalue weighted by Crippen LogP contribution is 2.44. The summed E-state index contributed by atoms with van der Waals surface area (Å²) in [4.78, 5) is 2.01. The maximum absolute atomic E-state index is 6.74. The fourth-order valence-corrected chi connectivity index (χ4v) is 3.44. The summed E-state index contributed by atoms with van der Waals surface area (Å²) in [6.07, 6.45) is 2.13. The molecule has 88 valence electrons. The highest BCUT2D eigenvalue weighted by atomic mass is 127. The summed E-state index contributed by atoms with van der Waals surface area (Å²) in [6.45, 7) is 1.06. The molecule has 0 radical (unpaired) electrons. The van der Waals surface area contributed by atoms with Crippen LogP contribution in [-0.2, 0) is 4.87 Å². The molecule has 1 aromatic carbocycles. The van der Waals surface area contributed by atoms with Gasteiger partial charge in [0.1, 0.15) is 0 Å². The molecule has 0 spiro atoms. The van der Waals surface area contributed by atoms with Crippen molar-refractivity contribution in [2.75, 3.05) is 22.9 Å². The van der Waals surface area contributed by atoms with Gasteiger partial charge in [-0.2, -0.15) is 0 Å². The van der Waals surface area contributed by atoms with E-state index in [1.807, 2.05) is 12.1 Å².